The number of β-amino-alcohol motifs (C(OH)–C–C–N with tert-alkyl or cyclic N) is 1. The number of pyridine rings is 1. The Morgan fingerprint density at radius 2 is 1.86 bits per heavy atom. The summed E-state index contributed by atoms with van der Waals surface area (Å²) in [7, 11) is 0. The van der Waals surface area contributed by atoms with Crippen molar-refractivity contribution < 1.29 is 19.7 Å². The monoisotopic (exact) mass is 380 g/mol. The molecule has 6 heteroatoms. The molecule has 2 aromatic carbocycles. The Morgan fingerprint density at radius 3 is 2.64 bits per heavy atom. The van der Waals surface area contributed by atoms with Crippen LogP contribution in [0.25, 0.3) is 21.9 Å². The average molecular weight is 380 g/mol. The number of hydrogen-bond acceptors (Lipinski definition) is 6. The highest BCUT2D eigenvalue weighted by atomic mass is 16.5. The standard InChI is InChI=1S/C22H24N2O4/c25-17-11-16(12-23-13-17)19-5-6-22(21-4-2-1-3-20(19)21)28-15-18(26)14-24-7-9-27-10-8-24/h1-6,11-13,18,25-26H,7-10,14-15H2. The van der Waals surface area contributed by atoms with Crippen molar-refractivity contribution in [3.05, 3.63) is 54.9 Å². The van der Waals surface area contributed by atoms with Crippen LogP contribution in [0.1, 0.15) is 0 Å². The van der Waals surface area contributed by atoms with Gasteiger partial charge < -0.3 is 19.7 Å². The Kier molecular flexibility index (Phi) is 5.71. The van der Waals surface area contributed by atoms with Crippen molar-refractivity contribution in [3.8, 4) is 22.6 Å². The van der Waals surface area contributed by atoms with E-state index in [-0.39, 0.29) is 12.4 Å². The number of benzene rings is 2. The summed E-state index contributed by atoms with van der Waals surface area (Å²) in [5.74, 6) is 0.863. The summed E-state index contributed by atoms with van der Waals surface area (Å²) in [5.41, 5.74) is 1.82. The molecular weight excluding hydrogens is 356 g/mol. The maximum atomic E-state index is 10.4. The maximum absolute atomic E-state index is 10.4. The largest absolute Gasteiger partial charge is 0.506 e. The van der Waals surface area contributed by atoms with Crippen molar-refractivity contribution in [3.63, 3.8) is 0 Å². The second-order valence-corrected chi connectivity index (χ2v) is 6.97. The van der Waals surface area contributed by atoms with Crippen LogP contribution in [0.15, 0.2) is 54.9 Å². The van der Waals surface area contributed by atoms with E-state index in [2.05, 4.69) is 9.88 Å². The molecule has 0 bridgehead atoms. The second kappa shape index (κ2) is 8.56. The Morgan fingerprint density at radius 1 is 1.07 bits per heavy atom. The zero-order valence-electron chi connectivity index (χ0n) is 15.6. The molecule has 0 saturated carbocycles. The summed E-state index contributed by atoms with van der Waals surface area (Å²) in [4.78, 5) is 6.27. The van der Waals surface area contributed by atoms with Gasteiger partial charge in [0.15, 0.2) is 0 Å². The number of aliphatic hydroxyl groups excluding tert-OH is 1. The van der Waals surface area contributed by atoms with Crippen LogP contribution in [-0.2, 0) is 4.74 Å². The van der Waals surface area contributed by atoms with Crippen LogP contribution in [0.5, 0.6) is 11.5 Å². The smallest absolute Gasteiger partial charge is 0.134 e. The van der Waals surface area contributed by atoms with E-state index in [4.69, 9.17) is 9.47 Å². The minimum absolute atomic E-state index is 0.133. The molecule has 4 rings (SSSR count). The molecule has 146 valence electrons. The highest BCUT2D eigenvalue weighted by Gasteiger charge is 2.16. The number of aromatic hydroxyl groups is 1. The predicted octanol–water partition coefficient (Wildman–Crippen LogP) is 2.68. The van der Waals surface area contributed by atoms with Crippen molar-refractivity contribution in [1.29, 1.82) is 0 Å². The van der Waals surface area contributed by atoms with Crippen molar-refractivity contribution in [2.24, 2.45) is 0 Å². The number of fused-ring (bicyclic) bond motifs is 1. The Hall–Kier alpha value is -2.67. The summed E-state index contributed by atoms with van der Waals surface area (Å²) < 4.78 is 11.3. The summed E-state index contributed by atoms with van der Waals surface area (Å²) in [6.07, 6.45) is 2.58. The topological polar surface area (TPSA) is 75.1 Å². The fourth-order valence-corrected chi connectivity index (χ4v) is 3.54. The van der Waals surface area contributed by atoms with Crippen LogP contribution in [0, 0.1) is 0 Å². The van der Waals surface area contributed by atoms with Crippen LogP contribution < -0.4 is 4.74 Å². The Labute approximate surface area is 164 Å². The normalized spacial score (nSPS) is 16.2. The van der Waals surface area contributed by atoms with Crippen molar-refractivity contribution in [2.75, 3.05) is 39.5 Å². The minimum atomic E-state index is -0.563. The van der Waals surface area contributed by atoms with E-state index in [0.717, 1.165) is 40.7 Å². The zero-order chi connectivity index (χ0) is 19.3. The first kappa shape index (κ1) is 18.7. The lowest BCUT2D eigenvalue weighted by molar-refractivity contribution is 0.00480. The minimum Gasteiger partial charge on any atom is -0.506 e. The summed E-state index contributed by atoms with van der Waals surface area (Å²) in [6.45, 7) is 3.91. The van der Waals surface area contributed by atoms with E-state index in [1.807, 2.05) is 36.4 Å². The van der Waals surface area contributed by atoms with E-state index in [1.165, 1.54) is 6.20 Å². The number of morpholine rings is 1. The Balaban J connectivity index is 1.53. The van der Waals surface area contributed by atoms with Gasteiger partial charge in [-0.3, -0.25) is 9.88 Å². The number of rotatable bonds is 6. The van der Waals surface area contributed by atoms with Gasteiger partial charge in [-0.25, -0.2) is 0 Å². The number of hydrogen-bond donors (Lipinski definition) is 2. The molecular formula is C22H24N2O4. The second-order valence-electron chi connectivity index (χ2n) is 6.97. The fourth-order valence-electron chi connectivity index (χ4n) is 3.54. The van der Waals surface area contributed by atoms with Gasteiger partial charge in [-0.1, -0.05) is 24.3 Å². The number of aromatic nitrogens is 1. The molecule has 2 heterocycles. The first-order chi connectivity index (χ1) is 13.7. The van der Waals surface area contributed by atoms with Crippen LogP contribution in [0.2, 0.25) is 0 Å². The summed E-state index contributed by atoms with van der Waals surface area (Å²) in [6, 6.07) is 13.5. The predicted molar refractivity (Wildman–Crippen MR) is 108 cm³/mol. The number of ether oxygens (including phenoxy) is 2. The average Bonchev–Trinajstić information content (AvgIpc) is 2.72. The molecule has 1 aliphatic heterocycles. The molecule has 0 amide bonds. The molecule has 0 aliphatic carbocycles. The Bertz CT molecular complexity index is 941. The van der Waals surface area contributed by atoms with Crippen LogP contribution in [0.3, 0.4) is 0 Å². The summed E-state index contributed by atoms with van der Waals surface area (Å²) in [5, 5.41) is 22.1. The first-order valence-electron chi connectivity index (χ1n) is 9.48. The van der Waals surface area contributed by atoms with Gasteiger partial charge in [0.25, 0.3) is 0 Å². The van der Waals surface area contributed by atoms with Gasteiger partial charge in [0.05, 0.1) is 19.4 Å². The fraction of sp³-hybridized carbons (Fsp3) is 0.318. The van der Waals surface area contributed by atoms with Crippen LogP contribution in [0.4, 0.5) is 0 Å². The molecule has 1 aliphatic rings. The number of nitrogens with zero attached hydrogens (tertiary/aromatic N) is 2. The molecule has 1 atom stereocenters. The lowest BCUT2D eigenvalue weighted by Crippen LogP contribution is -2.42. The van der Waals surface area contributed by atoms with E-state index < -0.39 is 6.10 Å². The van der Waals surface area contributed by atoms with Crippen molar-refractivity contribution >= 4 is 10.8 Å². The van der Waals surface area contributed by atoms with E-state index >= 15 is 0 Å². The van der Waals surface area contributed by atoms with E-state index in [1.54, 1.807) is 12.3 Å². The van der Waals surface area contributed by atoms with Crippen LogP contribution >= 0.6 is 0 Å². The molecule has 6 nitrogen and oxygen atoms in total. The quantitative estimate of drug-likeness (QED) is 0.685. The van der Waals surface area contributed by atoms with Gasteiger partial charge in [-0.2, -0.15) is 0 Å². The van der Waals surface area contributed by atoms with Crippen molar-refractivity contribution in [2.45, 2.75) is 6.10 Å². The van der Waals surface area contributed by atoms with E-state index in [9.17, 15) is 10.2 Å². The lowest BCUT2D eigenvalue weighted by atomic mass is 9.99. The third-order valence-electron chi connectivity index (χ3n) is 4.92. The SMILES string of the molecule is Oc1cncc(-c2ccc(OCC(O)CN3CCOCC3)c3ccccc23)c1. The molecule has 1 saturated heterocycles. The van der Waals surface area contributed by atoms with Gasteiger partial charge in [-0.05, 0) is 29.1 Å². The van der Waals surface area contributed by atoms with Gasteiger partial charge in [0.1, 0.15) is 24.2 Å². The molecule has 1 fully saturated rings. The van der Waals surface area contributed by atoms with Gasteiger partial charge in [-0.15, -0.1) is 0 Å². The molecule has 3 aromatic rings. The third-order valence-corrected chi connectivity index (χ3v) is 4.92. The maximum Gasteiger partial charge on any atom is 0.134 e. The molecule has 0 spiro atoms. The molecule has 1 aromatic heterocycles. The van der Waals surface area contributed by atoms with Crippen LogP contribution in [-0.4, -0.2) is 65.7 Å². The highest BCUT2D eigenvalue weighted by Crippen LogP contribution is 2.35. The first-order valence-corrected chi connectivity index (χ1v) is 9.48. The molecule has 2 N–H and O–H groups in total. The molecule has 1 unspecified atom stereocenters. The highest BCUT2D eigenvalue weighted by molar-refractivity contribution is 6.00. The van der Waals surface area contributed by atoms with Gasteiger partial charge in [0.2, 0.25) is 0 Å². The lowest BCUT2D eigenvalue weighted by Gasteiger charge is -2.28. The van der Waals surface area contributed by atoms with E-state index in [0.29, 0.717) is 19.8 Å². The van der Waals surface area contributed by atoms with Gasteiger partial charge in [0, 0.05) is 36.8 Å². The zero-order valence-corrected chi connectivity index (χ0v) is 15.6. The van der Waals surface area contributed by atoms with Crippen molar-refractivity contribution in [1.82, 2.24) is 9.88 Å². The van der Waals surface area contributed by atoms with Gasteiger partial charge >= 0.3 is 0 Å². The number of aliphatic hydroxyl groups is 1. The summed E-state index contributed by atoms with van der Waals surface area (Å²) >= 11 is 0. The third kappa shape index (κ3) is 4.25. The molecule has 0 radical (unpaired) electrons. The molecule has 28 heavy (non-hydrogen) atoms.